The van der Waals surface area contributed by atoms with Gasteiger partial charge < -0.3 is 10.2 Å². The van der Waals surface area contributed by atoms with E-state index in [1.54, 1.807) is 0 Å². The summed E-state index contributed by atoms with van der Waals surface area (Å²) in [5, 5.41) is 5.53. The van der Waals surface area contributed by atoms with Crippen molar-refractivity contribution in [1.82, 2.24) is 10.2 Å². The van der Waals surface area contributed by atoms with Crippen molar-refractivity contribution in [3.63, 3.8) is 0 Å². The Morgan fingerprint density at radius 3 is 2.75 bits per heavy atom. The van der Waals surface area contributed by atoms with E-state index in [1.165, 1.54) is 16.0 Å². The maximum Gasteiger partial charge on any atom is 0.0230 e. The molecule has 3 heteroatoms. The molecule has 0 aliphatic rings. The van der Waals surface area contributed by atoms with Gasteiger partial charge in [-0.1, -0.05) is 37.3 Å². The van der Waals surface area contributed by atoms with Gasteiger partial charge in [0.1, 0.15) is 0 Å². The van der Waals surface area contributed by atoms with Crippen molar-refractivity contribution in [2.45, 2.75) is 26.4 Å². The minimum Gasteiger partial charge on any atom is -0.313 e. The third-order valence-electron chi connectivity index (χ3n) is 3.34. The van der Waals surface area contributed by atoms with E-state index in [4.69, 9.17) is 0 Å². The van der Waals surface area contributed by atoms with Gasteiger partial charge in [0.15, 0.2) is 0 Å². The molecule has 1 aromatic heterocycles. The summed E-state index contributed by atoms with van der Waals surface area (Å²) in [5.74, 6) is 0. The lowest BCUT2D eigenvalue weighted by Crippen LogP contribution is -2.20. The van der Waals surface area contributed by atoms with Gasteiger partial charge in [-0.05, 0) is 42.6 Å². The Hall–Kier alpha value is -1.16. The van der Waals surface area contributed by atoms with Crippen LogP contribution in [-0.4, -0.2) is 25.0 Å². The Bertz CT molecular complexity index is 493. The maximum absolute atomic E-state index is 3.38. The lowest BCUT2D eigenvalue weighted by molar-refractivity contribution is 0.332. The molecule has 108 valence electrons. The highest BCUT2D eigenvalue weighted by atomic mass is 32.1. The molecule has 2 rings (SSSR count). The fourth-order valence-corrected chi connectivity index (χ4v) is 2.95. The standard InChI is InChI=1S/C17H24N2S/c1-3-18-13-15-6-4-7-16(12-15)14-19(2)10-9-17-8-5-11-20-17/h4-8,11-12,18H,3,9-10,13-14H2,1-2H3. The van der Waals surface area contributed by atoms with Crippen molar-refractivity contribution in [2.75, 3.05) is 20.1 Å². The summed E-state index contributed by atoms with van der Waals surface area (Å²) >= 11 is 1.85. The van der Waals surface area contributed by atoms with Crippen LogP contribution in [0.3, 0.4) is 0 Å². The molecule has 1 aromatic carbocycles. The van der Waals surface area contributed by atoms with Gasteiger partial charge in [0.25, 0.3) is 0 Å². The molecule has 1 N–H and O–H groups in total. The molecule has 0 amide bonds. The molecule has 1 heterocycles. The first kappa shape index (κ1) is 15.2. The summed E-state index contributed by atoms with van der Waals surface area (Å²) in [6, 6.07) is 13.2. The quantitative estimate of drug-likeness (QED) is 0.799. The predicted octanol–water partition coefficient (Wildman–Crippen LogP) is 3.53. The molecule has 0 fully saturated rings. The zero-order chi connectivity index (χ0) is 14.2. The first-order valence-electron chi connectivity index (χ1n) is 7.27. The molecule has 0 unspecified atom stereocenters. The first-order chi connectivity index (χ1) is 9.78. The third-order valence-corrected chi connectivity index (χ3v) is 4.28. The van der Waals surface area contributed by atoms with Crippen molar-refractivity contribution in [3.8, 4) is 0 Å². The Morgan fingerprint density at radius 1 is 1.15 bits per heavy atom. The lowest BCUT2D eigenvalue weighted by atomic mass is 10.1. The van der Waals surface area contributed by atoms with Gasteiger partial charge in [-0.3, -0.25) is 0 Å². The highest BCUT2D eigenvalue weighted by Crippen LogP contribution is 2.11. The van der Waals surface area contributed by atoms with Crippen molar-refractivity contribution < 1.29 is 0 Å². The summed E-state index contributed by atoms with van der Waals surface area (Å²) in [6.07, 6.45) is 1.14. The molecule has 0 saturated heterocycles. The van der Waals surface area contributed by atoms with E-state index in [1.807, 2.05) is 11.3 Å². The fourth-order valence-electron chi connectivity index (χ4n) is 2.25. The third kappa shape index (κ3) is 5.08. The maximum atomic E-state index is 3.38. The van der Waals surface area contributed by atoms with Crippen LogP contribution in [0.15, 0.2) is 41.8 Å². The monoisotopic (exact) mass is 288 g/mol. The second-order valence-electron chi connectivity index (χ2n) is 5.17. The molecule has 2 aromatic rings. The Balaban J connectivity index is 1.82. The first-order valence-corrected chi connectivity index (χ1v) is 8.15. The SMILES string of the molecule is CCNCc1cccc(CN(C)CCc2cccs2)c1. The fraction of sp³-hybridized carbons (Fsp3) is 0.412. The summed E-state index contributed by atoms with van der Waals surface area (Å²) in [4.78, 5) is 3.87. The van der Waals surface area contributed by atoms with E-state index >= 15 is 0 Å². The van der Waals surface area contributed by atoms with Crippen LogP contribution >= 0.6 is 11.3 Å². The molecule has 0 radical (unpaired) electrons. The van der Waals surface area contributed by atoms with E-state index in [0.29, 0.717) is 0 Å². The van der Waals surface area contributed by atoms with Gasteiger partial charge in [0, 0.05) is 24.5 Å². The second-order valence-corrected chi connectivity index (χ2v) is 6.20. The highest BCUT2D eigenvalue weighted by Gasteiger charge is 2.02. The molecule has 0 aliphatic heterocycles. The van der Waals surface area contributed by atoms with Crippen LogP contribution < -0.4 is 5.32 Å². The van der Waals surface area contributed by atoms with Gasteiger partial charge in [-0.15, -0.1) is 11.3 Å². The van der Waals surface area contributed by atoms with Gasteiger partial charge in [-0.25, -0.2) is 0 Å². The number of hydrogen-bond donors (Lipinski definition) is 1. The van der Waals surface area contributed by atoms with E-state index < -0.39 is 0 Å². The van der Waals surface area contributed by atoms with Crippen LogP contribution in [0.2, 0.25) is 0 Å². The molecule has 0 spiro atoms. The van der Waals surface area contributed by atoms with Crippen LogP contribution in [0.5, 0.6) is 0 Å². The number of nitrogens with zero attached hydrogens (tertiary/aromatic N) is 1. The van der Waals surface area contributed by atoms with E-state index in [2.05, 4.69) is 66.0 Å². The van der Waals surface area contributed by atoms with Crippen molar-refractivity contribution >= 4 is 11.3 Å². The number of nitrogens with one attached hydrogen (secondary N) is 1. The summed E-state index contributed by atoms with van der Waals surface area (Å²) in [6.45, 7) is 6.25. The van der Waals surface area contributed by atoms with Gasteiger partial charge >= 0.3 is 0 Å². The Kier molecular flexibility index (Phi) is 6.25. The summed E-state index contributed by atoms with van der Waals surface area (Å²) in [5.41, 5.74) is 2.77. The molecule has 0 aliphatic carbocycles. The molecular weight excluding hydrogens is 264 g/mol. The van der Waals surface area contributed by atoms with Gasteiger partial charge in [0.05, 0.1) is 0 Å². The highest BCUT2D eigenvalue weighted by molar-refractivity contribution is 7.09. The Labute approximate surface area is 126 Å². The largest absolute Gasteiger partial charge is 0.313 e. The molecule has 0 atom stereocenters. The molecule has 20 heavy (non-hydrogen) atoms. The average molecular weight is 288 g/mol. The average Bonchev–Trinajstić information content (AvgIpc) is 2.97. The second kappa shape index (κ2) is 8.20. The Morgan fingerprint density at radius 2 is 2.00 bits per heavy atom. The molecular formula is C17H24N2S. The summed E-state index contributed by atoms with van der Waals surface area (Å²) < 4.78 is 0. The van der Waals surface area contributed by atoms with Crippen molar-refractivity contribution in [3.05, 3.63) is 57.8 Å². The predicted molar refractivity (Wildman–Crippen MR) is 88.2 cm³/mol. The van der Waals surface area contributed by atoms with Crippen LogP contribution in [0.4, 0.5) is 0 Å². The van der Waals surface area contributed by atoms with Crippen LogP contribution in [0, 0.1) is 0 Å². The number of likely N-dealkylation sites (N-methyl/N-ethyl adjacent to an activating group) is 1. The van der Waals surface area contributed by atoms with Crippen molar-refractivity contribution in [1.29, 1.82) is 0 Å². The van der Waals surface area contributed by atoms with Gasteiger partial charge in [0.2, 0.25) is 0 Å². The summed E-state index contributed by atoms with van der Waals surface area (Å²) in [7, 11) is 2.20. The van der Waals surface area contributed by atoms with Gasteiger partial charge in [-0.2, -0.15) is 0 Å². The van der Waals surface area contributed by atoms with E-state index in [-0.39, 0.29) is 0 Å². The topological polar surface area (TPSA) is 15.3 Å². The zero-order valence-corrected chi connectivity index (χ0v) is 13.2. The van der Waals surface area contributed by atoms with E-state index in [9.17, 15) is 0 Å². The minimum atomic E-state index is 0.962. The smallest absolute Gasteiger partial charge is 0.0230 e. The zero-order valence-electron chi connectivity index (χ0n) is 12.4. The van der Waals surface area contributed by atoms with Crippen LogP contribution in [-0.2, 0) is 19.5 Å². The molecule has 0 saturated carbocycles. The number of hydrogen-bond acceptors (Lipinski definition) is 3. The van der Waals surface area contributed by atoms with Crippen LogP contribution in [0.25, 0.3) is 0 Å². The minimum absolute atomic E-state index is 0.962. The molecule has 0 bridgehead atoms. The van der Waals surface area contributed by atoms with Crippen molar-refractivity contribution in [2.24, 2.45) is 0 Å². The molecule has 2 nitrogen and oxygen atoms in total. The number of rotatable bonds is 8. The normalized spacial score (nSPS) is 11.2. The van der Waals surface area contributed by atoms with Crippen LogP contribution in [0.1, 0.15) is 22.9 Å². The number of benzene rings is 1. The van der Waals surface area contributed by atoms with E-state index in [0.717, 1.165) is 32.6 Å². The lowest BCUT2D eigenvalue weighted by Gasteiger charge is -2.16. The number of thiophene rings is 1.